The number of aromatic amines is 1. The van der Waals surface area contributed by atoms with Crippen molar-refractivity contribution in [3.63, 3.8) is 0 Å². The lowest BCUT2D eigenvalue weighted by Gasteiger charge is -2.22. The molecule has 1 aliphatic heterocycles. The molecule has 0 amide bonds. The zero-order chi connectivity index (χ0) is 13.9. The second-order valence-electron chi connectivity index (χ2n) is 4.98. The van der Waals surface area contributed by atoms with E-state index in [1.165, 1.54) is 5.56 Å². The van der Waals surface area contributed by atoms with Crippen molar-refractivity contribution in [2.24, 2.45) is 0 Å². The average molecular weight is 272 g/mol. The minimum absolute atomic E-state index is 0.105. The van der Waals surface area contributed by atoms with Crippen LogP contribution in [0.4, 0.5) is 0 Å². The summed E-state index contributed by atoms with van der Waals surface area (Å²) in [6, 6.07) is 9.73. The first kappa shape index (κ1) is 12.9. The molecule has 0 bridgehead atoms. The van der Waals surface area contributed by atoms with Gasteiger partial charge >= 0.3 is 5.97 Å². The molecule has 1 aromatic carbocycles. The number of aromatic nitrogens is 2. The molecule has 1 fully saturated rings. The van der Waals surface area contributed by atoms with Crippen LogP contribution < -0.4 is 0 Å². The normalized spacial score (nSPS) is 16.2. The van der Waals surface area contributed by atoms with E-state index in [9.17, 15) is 4.79 Å². The number of hydrogen-bond acceptors (Lipinski definition) is 3. The topological polar surface area (TPSA) is 75.2 Å². The van der Waals surface area contributed by atoms with E-state index in [4.69, 9.17) is 9.84 Å². The molecule has 0 spiro atoms. The average Bonchev–Trinajstić information content (AvgIpc) is 2.98. The first-order chi connectivity index (χ1) is 9.74. The van der Waals surface area contributed by atoms with Crippen molar-refractivity contribution in [3.05, 3.63) is 41.6 Å². The molecule has 5 heteroatoms. The maximum atomic E-state index is 10.8. The molecule has 1 aliphatic rings. The van der Waals surface area contributed by atoms with Crippen LogP contribution >= 0.6 is 0 Å². The summed E-state index contributed by atoms with van der Waals surface area (Å²) in [6.07, 6.45) is 2.12. The first-order valence-corrected chi connectivity index (χ1v) is 6.71. The van der Waals surface area contributed by atoms with E-state index in [1.807, 2.05) is 12.1 Å². The minimum Gasteiger partial charge on any atom is -0.477 e. The van der Waals surface area contributed by atoms with E-state index < -0.39 is 5.97 Å². The third kappa shape index (κ3) is 2.58. The molecule has 2 heterocycles. The first-order valence-electron chi connectivity index (χ1n) is 6.71. The van der Waals surface area contributed by atoms with E-state index in [0.29, 0.717) is 11.6 Å². The molecule has 3 rings (SSSR count). The van der Waals surface area contributed by atoms with E-state index in [2.05, 4.69) is 22.3 Å². The number of benzene rings is 1. The van der Waals surface area contributed by atoms with Gasteiger partial charge in [0.2, 0.25) is 0 Å². The Morgan fingerprint density at radius 2 is 1.95 bits per heavy atom. The Morgan fingerprint density at radius 1 is 1.25 bits per heavy atom. The molecular weight excluding hydrogens is 256 g/mol. The second kappa shape index (κ2) is 5.46. The number of hydrogen-bond donors (Lipinski definition) is 2. The molecular formula is C15H16N2O3. The van der Waals surface area contributed by atoms with Gasteiger partial charge in [0.15, 0.2) is 0 Å². The van der Waals surface area contributed by atoms with E-state index in [0.717, 1.165) is 31.6 Å². The lowest BCUT2D eigenvalue weighted by molar-refractivity contribution is 0.0690. The molecule has 0 unspecified atom stereocenters. The van der Waals surface area contributed by atoms with Gasteiger partial charge in [0.25, 0.3) is 0 Å². The summed E-state index contributed by atoms with van der Waals surface area (Å²) >= 11 is 0. The van der Waals surface area contributed by atoms with Crippen LogP contribution in [0.2, 0.25) is 0 Å². The zero-order valence-corrected chi connectivity index (χ0v) is 11.0. The van der Waals surface area contributed by atoms with Crippen molar-refractivity contribution in [1.29, 1.82) is 0 Å². The van der Waals surface area contributed by atoms with Gasteiger partial charge in [-0.05, 0) is 30.4 Å². The van der Waals surface area contributed by atoms with Crippen LogP contribution in [-0.2, 0) is 4.74 Å². The van der Waals surface area contributed by atoms with Crippen LogP contribution in [0.25, 0.3) is 11.3 Å². The summed E-state index contributed by atoms with van der Waals surface area (Å²) in [5, 5.41) is 15.4. The summed E-state index contributed by atoms with van der Waals surface area (Å²) in [5.41, 5.74) is 2.99. The van der Waals surface area contributed by atoms with Crippen LogP contribution in [0.15, 0.2) is 30.3 Å². The van der Waals surface area contributed by atoms with Gasteiger partial charge < -0.3 is 9.84 Å². The van der Waals surface area contributed by atoms with Crippen molar-refractivity contribution in [3.8, 4) is 11.3 Å². The van der Waals surface area contributed by atoms with Crippen molar-refractivity contribution in [1.82, 2.24) is 10.2 Å². The number of nitrogens with zero attached hydrogens (tertiary/aromatic N) is 1. The van der Waals surface area contributed by atoms with Gasteiger partial charge in [-0.1, -0.05) is 24.3 Å². The molecule has 1 saturated heterocycles. The monoisotopic (exact) mass is 272 g/mol. The molecule has 0 radical (unpaired) electrons. The Hall–Kier alpha value is -2.14. The predicted octanol–water partition coefficient (Wildman–Crippen LogP) is 2.67. The summed E-state index contributed by atoms with van der Waals surface area (Å²) in [4.78, 5) is 10.8. The Balaban J connectivity index is 1.79. The van der Waals surface area contributed by atoms with Crippen LogP contribution in [-0.4, -0.2) is 34.5 Å². The number of aromatic carboxylic acids is 1. The number of H-pyrrole nitrogens is 1. The van der Waals surface area contributed by atoms with Crippen molar-refractivity contribution < 1.29 is 14.6 Å². The van der Waals surface area contributed by atoms with Gasteiger partial charge in [0, 0.05) is 18.8 Å². The summed E-state index contributed by atoms with van der Waals surface area (Å²) in [6.45, 7) is 1.65. The van der Waals surface area contributed by atoms with Gasteiger partial charge in [-0.25, -0.2) is 4.79 Å². The standard InChI is InChI=1S/C15H16N2O3/c18-15(19)14-9-13(16-17-14)12-3-1-10(2-4-12)11-5-7-20-8-6-11/h1-4,9,11H,5-8H2,(H,16,17)(H,18,19). The molecule has 2 aromatic rings. The number of nitrogens with one attached hydrogen (secondary N) is 1. The van der Waals surface area contributed by atoms with Gasteiger partial charge in [-0.15, -0.1) is 0 Å². The quantitative estimate of drug-likeness (QED) is 0.900. The predicted molar refractivity (Wildman–Crippen MR) is 73.8 cm³/mol. The number of carboxylic acid groups (broad SMARTS) is 1. The van der Waals surface area contributed by atoms with Crippen molar-refractivity contribution in [2.45, 2.75) is 18.8 Å². The number of carboxylic acids is 1. The lowest BCUT2D eigenvalue weighted by Crippen LogP contribution is -2.13. The maximum Gasteiger partial charge on any atom is 0.353 e. The fraction of sp³-hybridized carbons (Fsp3) is 0.333. The highest BCUT2D eigenvalue weighted by Gasteiger charge is 2.16. The number of ether oxygens (including phenoxy) is 1. The molecule has 5 nitrogen and oxygen atoms in total. The molecule has 0 atom stereocenters. The van der Waals surface area contributed by atoms with Crippen LogP contribution in [0.3, 0.4) is 0 Å². The SMILES string of the molecule is O=C(O)c1cc(-c2ccc(C3CCOCC3)cc2)n[nH]1. The summed E-state index contributed by atoms with van der Waals surface area (Å²) < 4.78 is 5.37. The zero-order valence-electron chi connectivity index (χ0n) is 11.0. The Bertz CT molecular complexity index is 598. The maximum absolute atomic E-state index is 10.8. The highest BCUT2D eigenvalue weighted by atomic mass is 16.5. The molecule has 1 aromatic heterocycles. The third-order valence-corrected chi connectivity index (χ3v) is 3.71. The van der Waals surface area contributed by atoms with Gasteiger partial charge in [-0.3, -0.25) is 5.10 Å². The smallest absolute Gasteiger partial charge is 0.353 e. The van der Waals surface area contributed by atoms with E-state index >= 15 is 0 Å². The van der Waals surface area contributed by atoms with Crippen molar-refractivity contribution >= 4 is 5.97 Å². The molecule has 104 valence electrons. The molecule has 0 saturated carbocycles. The number of carbonyl (C=O) groups is 1. The largest absolute Gasteiger partial charge is 0.477 e. The Labute approximate surface area is 116 Å². The highest BCUT2D eigenvalue weighted by Crippen LogP contribution is 2.28. The Kier molecular flexibility index (Phi) is 3.52. The molecule has 20 heavy (non-hydrogen) atoms. The minimum atomic E-state index is -0.998. The third-order valence-electron chi connectivity index (χ3n) is 3.71. The highest BCUT2D eigenvalue weighted by molar-refractivity contribution is 5.86. The van der Waals surface area contributed by atoms with E-state index in [-0.39, 0.29) is 5.69 Å². The summed E-state index contributed by atoms with van der Waals surface area (Å²) in [7, 11) is 0. The van der Waals surface area contributed by atoms with Gasteiger partial charge in [0.05, 0.1) is 5.69 Å². The molecule has 0 aliphatic carbocycles. The molecule has 2 N–H and O–H groups in total. The fourth-order valence-electron chi connectivity index (χ4n) is 2.54. The lowest BCUT2D eigenvalue weighted by atomic mass is 9.91. The van der Waals surface area contributed by atoms with Gasteiger partial charge in [-0.2, -0.15) is 5.10 Å². The van der Waals surface area contributed by atoms with Crippen molar-refractivity contribution in [2.75, 3.05) is 13.2 Å². The second-order valence-corrected chi connectivity index (χ2v) is 4.98. The van der Waals surface area contributed by atoms with Gasteiger partial charge in [0.1, 0.15) is 5.69 Å². The number of rotatable bonds is 3. The van der Waals surface area contributed by atoms with Crippen LogP contribution in [0, 0.1) is 0 Å². The summed E-state index contributed by atoms with van der Waals surface area (Å²) in [5.74, 6) is -0.436. The van der Waals surface area contributed by atoms with Crippen LogP contribution in [0.1, 0.15) is 34.8 Å². The van der Waals surface area contributed by atoms with Crippen LogP contribution in [0.5, 0.6) is 0 Å². The Morgan fingerprint density at radius 3 is 2.55 bits per heavy atom. The van der Waals surface area contributed by atoms with E-state index in [1.54, 1.807) is 6.07 Å². The fourth-order valence-corrected chi connectivity index (χ4v) is 2.54.